The predicted molar refractivity (Wildman–Crippen MR) is 448 cm³/mol. The smallest absolute Gasteiger partial charge is 0.333 e. The van der Waals surface area contributed by atoms with E-state index in [1.165, 1.54) is 39.8 Å². The Morgan fingerprint density at radius 3 is 1.69 bits per heavy atom. The van der Waals surface area contributed by atoms with Crippen molar-refractivity contribution in [1.82, 2.24) is 0 Å². The number of hydrogen-bond acceptors (Lipinski definition) is 44. The third kappa shape index (κ3) is 19.9. The molecule has 134 heavy (non-hydrogen) atoms. The highest BCUT2D eigenvalue weighted by Crippen LogP contribution is 2.76. The number of allylic oxidation sites excluding steroid dienone is 3. The van der Waals surface area contributed by atoms with E-state index in [2.05, 4.69) is 13.5 Å². The number of carbonyl (C=O) groups excluding carboxylic acids is 3. The van der Waals surface area contributed by atoms with Gasteiger partial charge in [-0.2, -0.15) is 0 Å². The van der Waals surface area contributed by atoms with Crippen molar-refractivity contribution >= 4 is 17.9 Å². The van der Waals surface area contributed by atoms with E-state index in [0.29, 0.717) is 24.8 Å². The molecule has 51 atom stereocenters. The highest BCUT2D eigenvalue weighted by molar-refractivity contribution is 5.88. The molecule has 5 aliphatic carbocycles. The van der Waals surface area contributed by atoms with Gasteiger partial charge in [-0.1, -0.05) is 79.2 Å². The Labute approximate surface area is 775 Å². The molecule has 23 N–H and O–H groups in total. The fourth-order valence-electron chi connectivity index (χ4n) is 23.3. The minimum absolute atomic E-state index is 0.00500. The molecule has 0 aromatic heterocycles. The van der Waals surface area contributed by atoms with Crippen molar-refractivity contribution in [3.63, 3.8) is 0 Å². The molecule has 44 heteroatoms. The summed E-state index contributed by atoms with van der Waals surface area (Å²) in [5.41, 5.74) is -8.17. The average Bonchev–Trinajstić information content (AvgIpc) is 0.665. The van der Waals surface area contributed by atoms with E-state index in [0.717, 1.165) is 0 Å². The Morgan fingerprint density at radius 1 is 0.530 bits per heavy atom. The lowest BCUT2D eigenvalue weighted by Crippen LogP contribution is -2.71. The molecule has 0 spiro atoms. The Morgan fingerprint density at radius 2 is 1.06 bits per heavy atom. The third-order valence-electron chi connectivity index (χ3n) is 32.3. The van der Waals surface area contributed by atoms with Crippen LogP contribution in [0.25, 0.3) is 0 Å². The molecule has 0 aromatic rings. The van der Waals surface area contributed by atoms with Crippen molar-refractivity contribution in [3.05, 3.63) is 36.0 Å². The quantitative estimate of drug-likeness (QED) is 0.0114. The fourth-order valence-corrected chi connectivity index (χ4v) is 23.3. The molecule has 8 aliphatic heterocycles. The summed E-state index contributed by atoms with van der Waals surface area (Å²) in [6.07, 6.45) is -65.1. The number of aliphatic hydroxyl groups excluding tert-OH is 23. The van der Waals surface area contributed by atoms with E-state index >= 15 is 9.59 Å². The molecule has 768 valence electrons. The van der Waals surface area contributed by atoms with Crippen molar-refractivity contribution in [2.75, 3.05) is 39.6 Å². The van der Waals surface area contributed by atoms with Gasteiger partial charge in [-0.25, -0.2) is 4.79 Å². The van der Waals surface area contributed by atoms with Gasteiger partial charge in [0.2, 0.25) is 6.29 Å². The van der Waals surface area contributed by atoms with Gasteiger partial charge in [0.1, 0.15) is 158 Å². The predicted octanol–water partition coefficient (Wildman–Crippen LogP) is -6.04. The van der Waals surface area contributed by atoms with Crippen LogP contribution < -0.4 is 0 Å². The van der Waals surface area contributed by atoms with Gasteiger partial charge in [0.25, 0.3) is 0 Å². The maximum Gasteiger partial charge on any atom is 0.333 e. The molecule has 0 amide bonds. The minimum atomic E-state index is -2.31. The van der Waals surface area contributed by atoms with Crippen LogP contribution in [0.1, 0.15) is 154 Å². The lowest BCUT2D eigenvalue weighted by Gasteiger charge is -2.72. The molecule has 8 heterocycles. The maximum atomic E-state index is 16.9. The molecule has 44 nitrogen and oxygen atoms in total. The first-order valence-electron chi connectivity index (χ1n) is 46.6. The molecular formula is C90H144O44. The molecular weight excluding hydrogens is 1780 g/mol. The minimum Gasteiger partial charge on any atom is -0.458 e. The Hall–Kier alpha value is -3.89. The number of aliphatic hydroxyl groups is 23. The van der Waals surface area contributed by atoms with Gasteiger partial charge in [0, 0.05) is 22.8 Å². The number of ether oxygens (including phenoxy) is 18. The van der Waals surface area contributed by atoms with Gasteiger partial charge in [0.15, 0.2) is 56.2 Å². The van der Waals surface area contributed by atoms with Gasteiger partial charge in [-0.3, -0.25) is 9.59 Å². The summed E-state index contributed by atoms with van der Waals surface area (Å²) in [5.74, 6) is -5.36. The second kappa shape index (κ2) is 41.8. The van der Waals surface area contributed by atoms with E-state index in [1.54, 1.807) is 27.7 Å². The molecule has 0 radical (unpaired) electrons. The SMILES string of the molecule is C=C[C@](C)(CC/C=C(\C)C(=O)O[C@H]1C[C@]2(C(=O)O[C@@H]3O[C@H](CO[C@@H]4O[C@@H](C)[C@H](O)[C@@H](O)[C@H]4O)[C@@H](O)[C@H](O)[C@H]3O[C@@H]3O[C@@H](C)[C@H](O[C@@H]4OC[C@@H](O)[C@H](O[C@@H]5OC[C@@H](O)[C@H](O)[C@H]5O)[C@H]4O)[C@@H](O)[C@H]3O)[C@@H](O)C[C@]3(C)C(=CC[C@@H]4[C@@]5(C)C[C@H](O)[C@H](O[C@@H]6O[C@@H](C)[C@H](O)[C@@H](O)[C@H]6O)[C@@](C)(CO)[C@@H]5CC[C@]43C)[C@@H]2CC1(C)C)O[C@@H]1OC[C@H](OC(=O)[C@H](C)CC)[C@H](O[C@@H]2O[C@H](CO)[C@@H](O)[C@H](O)[C@H]2O)[C@H]1O. The van der Waals surface area contributed by atoms with Crippen LogP contribution in [-0.2, 0) is 99.6 Å². The number of carbonyl (C=O) groups is 3. The van der Waals surface area contributed by atoms with Crippen molar-refractivity contribution in [1.29, 1.82) is 0 Å². The van der Waals surface area contributed by atoms with E-state index in [1.807, 2.05) is 33.8 Å². The first kappa shape index (κ1) is 107. The van der Waals surface area contributed by atoms with Crippen molar-refractivity contribution in [3.8, 4) is 0 Å². The second-order valence-electron chi connectivity index (χ2n) is 41.4. The van der Waals surface area contributed by atoms with Crippen LogP contribution in [0.15, 0.2) is 36.0 Å². The van der Waals surface area contributed by atoms with Crippen LogP contribution in [-0.4, -0.2) is 432 Å². The zero-order valence-corrected chi connectivity index (χ0v) is 77.6. The van der Waals surface area contributed by atoms with E-state index < -0.39 is 372 Å². The van der Waals surface area contributed by atoms with E-state index in [-0.39, 0.29) is 50.0 Å². The van der Waals surface area contributed by atoms with Crippen LogP contribution >= 0.6 is 0 Å². The Bertz CT molecular complexity index is 4040. The second-order valence-corrected chi connectivity index (χ2v) is 41.4. The lowest BCUT2D eigenvalue weighted by atomic mass is 9.33. The van der Waals surface area contributed by atoms with Crippen molar-refractivity contribution < 1.29 is 217 Å². The summed E-state index contributed by atoms with van der Waals surface area (Å²) in [6, 6.07) is 0. The molecule has 0 unspecified atom stereocenters. The number of rotatable bonds is 28. The summed E-state index contributed by atoms with van der Waals surface area (Å²) in [7, 11) is 0. The van der Waals surface area contributed by atoms with Gasteiger partial charge >= 0.3 is 17.9 Å². The molecule has 13 rings (SSSR count). The van der Waals surface area contributed by atoms with Crippen LogP contribution in [0.3, 0.4) is 0 Å². The van der Waals surface area contributed by atoms with Crippen LogP contribution in [0.2, 0.25) is 0 Å². The van der Waals surface area contributed by atoms with Gasteiger partial charge in [0.05, 0.1) is 87.8 Å². The van der Waals surface area contributed by atoms with E-state index in [9.17, 15) is 122 Å². The van der Waals surface area contributed by atoms with Crippen molar-refractivity contribution in [2.24, 2.45) is 56.2 Å². The number of fused-ring (bicyclic) bond motifs is 7. The number of esters is 3. The van der Waals surface area contributed by atoms with Crippen LogP contribution in [0.4, 0.5) is 0 Å². The molecule has 12 fully saturated rings. The first-order valence-corrected chi connectivity index (χ1v) is 46.6. The molecule has 8 saturated heterocycles. The zero-order valence-electron chi connectivity index (χ0n) is 77.6. The third-order valence-corrected chi connectivity index (χ3v) is 32.3. The molecule has 13 aliphatic rings. The molecule has 4 saturated carbocycles. The van der Waals surface area contributed by atoms with Gasteiger partial charge in [-0.15, -0.1) is 6.58 Å². The average molecular weight is 1930 g/mol. The fraction of sp³-hybridized carbons (Fsp3) is 0.900. The van der Waals surface area contributed by atoms with E-state index in [4.69, 9.17) is 85.3 Å². The topological polar surface area (TPSA) is 683 Å². The summed E-state index contributed by atoms with van der Waals surface area (Å²) in [5, 5.41) is 260. The first-order chi connectivity index (χ1) is 62.8. The van der Waals surface area contributed by atoms with Gasteiger partial charge < -0.3 is 203 Å². The monoisotopic (exact) mass is 1930 g/mol. The van der Waals surface area contributed by atoms with Gasteiger partial charge in [-0.05, 0) is 126 Å². The highest BCUT2D eigenvalue weighted by atomic mass is 16.8. The standard InChI is InChI=1S/C90H144O44/c1-15-34(3)73(114)124-46-32-120-78(67(113)70(46)130-81-64(110)58(104)54(100)44(28-91)125-81)134-85(10,16-2)22-17-18-35(4)74(115)127-50-27-90(40(24-84(50,8)9)39-19-20-48-86(11)25-41(93)72(132-80-63(109)57(103)52(98)37(6)122-80)87(12,33-92)47(86)21-23-88(48,13)89(39,14)26-49(90)96)83(116)133-82-71(59(105)55(101)45(126-82)31-119-75-62(108)56(102)51(97)36(5)121-75)131-79-65(111)60(106)68(38(7)123-79)128-77-66(112)69(43(95)30-118-77)129-76-61(107)53(99)42(94)29-117-76/h16,18-19,34,36-38,40-72,75-82,91-113H,2,15,17,20-33H2,1,3-14H3/b35-18+/t34-,36+,37+,38+,40+,41+,42-,43-,44-,45-,46+,47-,48-,49+,50+,51+,52+,53+,54-,55-,56-,57-,58+,59+,60+,61-,62-,63-,64-,65-,66-,67-,68+,69+,70+,71-,72+,75-,76+,77+,78+,79+,80+,81+,82+,85-,86+,87+,88-,89-,90-/m1/s1. The Kier molecular flexibility index (Phi) is 33.5. The summed E-state index contributed by atoms with van der Waals surface area (Å²) in [4.78, 5) is 45.3. The highest BCUT2D eigenvalue weighted by Gasteiger charge is 2.75. The normalized spacial score (nSPS) is 51.1. The summed E-state index contributed by atoms with van der Waals surface area (Å²) in [6.45, 7) is 22.4. The summed E-state index contributed by atoms with van der Waals surface area (Å²) < 4.78 is 109. The number of hydrogen-bond donors (Lipinski definition) is 23. The van der Waals surface area contributed by atoms with Crippen molar-refractivity contribution in [2.45, 2.75) is 412 Å². The summed E-state index contributed by atoms with van der Waals surface area (Å²) >= 11 is 0. The molecule has 0 bridgehead atoms. The Balaban J connectivity index is 0.805. The van der Waals surface area contributed by atoms with Crippen LogP contribution in [0, 0.1) is 56.2 Å². The molecule has 0 aromatic carbocycles. The zero-order chi connectivity index (χ0) is 98.5. The lowest BCUT2D eigenvalue weighted by molar-refractivity contribution is -0.381. The largest absolute Gasteiger partial charge is 0.458 e. The van der Waals surface area contributed by atoms with Crippen LogP contribution in [0.5, 0.6) is 0 Å². The maximum absolute atomic E-state index is 16.9.